The van der Waals surface area contributed by atoms with Gasteiger partial charge in [0.25, 0.3) is 0 Å². The van der Waals surface area contributed by atoms with E-state index >= 15 is 0 Å². The Morgan fingerprint density at radius 3 is 2.74 bits per heavy atom. The van der Waals surface area contributed by atoms with Gasteiger partial charge in [-0.1, -0.05) is 42.9 Å². The molecule has 9 heteroatoms. The van der Waals surface area contributed by atoms with Crippen LogP contribution in [0.25, 0.3) is 0 Å². The first-order chi connectivity index (χ1) is 16.6. The first-order valence-corrected chi connectivity index (χ1v) is 13.2. The third-order valence-electron chi connectivity index (χ3n) is 5.59. The number of aryl methyl sites for hydroxylation is 1. The maximum Gasteiger partial charge on any atom is 0.187 e. The highest BCUT2D eigenvalue weighted by Crippen LogP contribution is 2.33. The standard InChI is InChI=1S/C25H29ClN4O2S2/c1-2-28-30(19-33)22-7-9-24(10-8-22)34-16-23-15-31-25(32-23,17-29-14-13-27-18-29)12-11-20-3-5-21(26)6-4-20/h3-10,13-14,18-19,23,28H,2,11-12,15-17H2,1H3. The molecule has 0 bridgehead atoms. The number of thiocarbonyl (C=S) groups is 1. The van der Waals surface area contributed by atoms with Crippen molar-refractivity contribution < 1.29 is 9.47 Å². The van der Waals surface area contributed by atoms with Crippen molar-refractivity contribution in [3.63, 3.8) is 0 Å². The Bertz CT molecular complexity index is 1030. The minimum atomic E-state index is -0.680. The van der Waals surface area contributed by atoms with Crippen molar-refractivity contribution in [1.29, 1.82) is 0 Å². The number of ether oxygens (including phenoxy) is 2. The number of anilines is 1. The summed E-state index contributed by atoms with van der Waals surface area (Å²) >= 11 is 12.9. The van der Waals surface area contributed by atoms with E-state index in [9.17, 15) is 0 Å². The van der Waals surface area contributed by atoms with Crippen molar-refractivity contribution in [3.05, 3.63) is 77.8 Å². The Kier molecular flexibility index (Phi) is 8.99. The lowest BCUT2D eigenvalue weighted by atomic mass is 10.0. The van der Waals surface area contributed by atoms with Gasteiger partial charge in [0.05, 0.1) is 36.8 Å². The van der Waals surface area contributed by atoms with Crippen LogP contribution < -0.4 is 10.4 Å². The summed E-state index contributed by atoms with van der Waals surface area (Å²) in [6, 6.07) is 16.3. The second kappa shape index (κ2) is 12.2. The normalized spacial score (nSPS) is 19.9. The van der Waals surface area contributed by atoms with Gasteiger partial charge in [-0.3, -0.25) is 5.01 Å². The van der Waals surface area contributed by atoms with Crippen molar-refractivity contribution in [3.8, 4) is 0 Å². The minimum absolute atomic E-state index is 0.0117. The third-order valence-corrected chi connectivity index (χ3v) is 7.20. The summed E-state index contributed by atoms with van der Waals surface area (Å²) in [5.74, 6) is 0.136. The quantitative estimate of drug-likeness (QED) is 0.197. The van der Waals surface area contributed by atoms with Crippen molar-refractivity contribution >= 4 is 46.8 Å². The highest BCUT2D eigenvalue weighted by molar-refractivity contribution is 7.99. The molecular formula is C25H29ClN4O2S2. The monoisotopic (exact) mass is 516 g/mol. The molecule has 1 fully saturated rings. The molecule has 1 aliphatic heterocycles. The van der Waals surface area contributed by atoms with Gasteiger partial charge in [0.2, 0.25) is 0 Å². The maximum absolute atomic E-state index is 6.55. The van der Waals surface area contributed by atoms with Crippen LogP contribution in [0.15, 0.2) is 72.1 Å². The second-order valence-corrected chi connectivity index (χ2v) is 9.86. The van der Waals surface area contributed by atoms with E-state index in [1.165, 1.54) is 10.5 Å². The van der Waals surface area contributed by atoms with Crippen molar-refractivity contribution in [2.45, 2.75) is 43.1 Å². The Balaban J connectivity index is 1.36. The van der Waals surface area contributed by atoms with Crippen molar-refractivity contribution in [2.24, 2.45) is 0 Å². The number of hydrogen-bond donors (Lipinski definition) is 1. The van der Waals surface area contributed by atoms with E-state index in [1.807, 2.05) is 34.8 Å². The molecule has 1 saturated heterocycles. The lowest BCUT2D eigenvalue weighted by molar-refractivity contribution is -0.180. The molecule has 0 saturated carbocycles. The van der Waals surface area contributed by atoms with E-state index in [4.69, 9.17) is 33.3 Å². The van der Waals surface area contributed by atoms with E-state index in [-0.39, 0.29) is 6.10 Å². The Labute approximate surface area is 215 Å². The molecule has 1 N–H and O–H groups in total. The van der Waals surface area contributed by atoms with E-state index in [0.29, 0.717) is 13.2 Å². The molecule has 6 nitrogen and oxygen atoms in total. The summed E-state index contributed by atoms with van der Waals surface area (Å²) < 4.78 is 14.9. The van der Waals surface area contributed by atoms with Crippen LogP contribution in [-0.2, 0) is 22.4 Å². The average Bonchev–Trinajstić information content (AvgIpc) is 3.52. The van der Waals surface area contributed by atoms with Gasteiger partial charge in [-0.25, -0.2) is 10.4 Å². The zero-order valence-electron chi connectivity index (χ0n) is 19.1. The van der Waals surface area contributed by atoms with Gasteiger partial charge in [-0.15, -0.1) is 11.8 Å². The number of halogens is 1. The van der Waals surface area contributed by atoms with Gasteiger partial charge >= 0.3 is 0 Å². The SMILES string of the molecule is CCNN(C=S)c1ccc(SCC2COC(CCc3ccc(Cl)cc3)(Cn3ccnc3)O2)cc1. The molecule has 2 atom stereocenters. The predicted octanol–water partition coefficient (Wildman–Crippen LogP) is 5.36. The molecule has 2 heterocycles. The molecule has 0 radical (unpaired) electrons. The van der Waals surface area contributed by atoms with E-state index in [1.54, 1.807) is 29.8 Å². The molecule has 180 valence electrons. The van der Waals surface area contributed by atoms with Gasteiger partial charge in [-0.05, 0) is 48.4 Å². The number of imidazole rings is 1. The highest BCUT2D eigenvalue weighted by Gasteiger charge is 2.41. The summed E-state index contributed by atoms with van der Waals surface area (Å²) in [6.45, 7) is 4.03. The maximum atomic E-state index is 6.55. The highest BCUT2D eigenvalue weighted by atomic mass is 35.5. The van der Waals surface area contributed by atoms with Crippen LogP contribution in [0.3, 0.4) is 0 Å². The lowest BCUT2D eigenvalue weighted by Crippen LogP contribution is -2.37. The fourth-order valence-corrected chi connectivity index (χ4v) is 5.08. The topological polar surface area (TPSA) is 51.5 Å². The summed E-state index contributed by atoms with van der Waals surface area (Å²) in [5.41, 5.74) is 7.05. The zero-order valence-corrected chi connectivity index (χ0v) is 21.5. The lowest BCUT2D eigenvalue weighted by Gasteiger charge is -2.28. The first kappa shape index (κ1) is 25.2. The number of hydrazine groups is 1. The molecular weight excluding hydrogens is 488 g/mol. The molecule has 2 unspecified atom stereocenters. The van der Waals surface area contributed by atoms with Crippen molar-refractivity contribution in [1.82, 2.24) is 15.0 Å². The van der Waals surface area contributed by atoms with E-state index < -0.39 is 5.79 Å². The summed E-state index contributed by atoms with van der Waals surface area (Å²) in [6.07, 6.45) is 7.13. The Morgan fingerprint density at radius 1 is 1.26 bits per heavy atom. The van der Waals surface area contributed by atoms with E-state index in [2.05, 4.69) is 46.8 Å². The third kappa shape index (κ3) is 6.81. The summed E-state index contributed by atoms with van der Waals surface area (Å²) in [7, 11) is 0. The van der Waals surface area contributed by atoms with Crippen LogP contribution in [-0.4, -0.2) is 45.8 Å². The van der Waals surface area contributed by atoms with Gasteiger partial charge in [0.1, 0.15) is 0 Å². The van der Waals surface area contributed by atoms with Crippen LogP contribution in [0.5, 0.6) is 0 Å². The number of nitrogens with one attached hydrogen (secondary N) is 1. The van der Waals surface area contributed by atoms with Crippen LogP contribution in [0, 0.1) is 0 Å². The minimum Gasteiger partial charge on any atom is -0.345 e. The van der Waals surface area contributed by atoms with Gasteiger partial charge in [-0.2, -0.15) is 0 Å². The fourth-order valence-electron chi connectivity index (χ4n) is 3.89. The number of thioether (sulfide) groups is 1. The number of aromatic nitrogens is 2. The van der Waals surface area contributed by atoms with Crippen LogP contribution in [0.2, 0.25) is 5.02 Å². The molecule has 1 aliphatic rings. The van der Waals surface area contributed by atoms with Crippen LogP contribution in [0.1, 0.15) is 18.9 Å². The number of nitrogens with zero attached hydrogens (tertiary/aromatic N) is 3. The molecule has 0 amide bonds. The molecule has 2 aromatic carbocycles. The van der Waals surface area contributed by atoms with Crippen LogP contribution >= 0.6 is 35.6 Å². The zero-order chi connectivity index (χ0) is 23.8. The number of benzene rings is 2. The molecule has 1 aromatic heterocycles. The van der Waals surface area contributed by atoms with Gasteiger partial charge < -0.3 is 14.0 Å². The summed E-state index contributed by atoms with van der Waals surface area (Å²) in [4.78, 5) is 5.35. The first-order valence-electron chi connectivity index (χ1n) is 11.3. The summed E-state index contributed by atoms with van der Waals surface area (Å²) in [5, 5.41) is 2.59. The smallest absolute Gasteiger partial charge is 0.187 e. The van der Waals surface area contributed by atoms with Gasteiger partial charge in [0.15, 0.2) is 5.79 Å². The average molecular weight is 517 g/mol. The van der Waals surface area contributed by atoms with Crippen LogP contribution in [0.4, 0.5) is 5.69 Å². The van der Waals surface area contributed by atoms with Crippen molar-refractivity contribution in [2.75, 3.05) is 23.9 Å². The van der Waals surface area contributed by atoms with E-state index in [0.717, 1.165) is 35.8 Å². The molecule has 34 heavy (non-hydrogen) atoms. The fraction of sp³-hybridized carbons (Fsp3) is 0.360. The molecule has 4 rings (SSSR count). The Morgan fingerprint density at radius 2 is 2.06 bits per heavy atom. The predicted molar refractivity (Wildman–Crippen MR) is 143 cm³/mol. The number of hydrogen-bond acceptors (Lipinski definition) is 6. The molecule has 0 spiro atoms. The largest absolute Gasteiger partial charge is 0.345 e. The Hall–Kier alpha value is -1.94. The second-order valence-electron chi connectivity index (χ2n) is 8.12. The molecule has 0 aliphatic carbocycles. The van der Waals surface area contributed by atoms with Gasteiger partial charge in [0, 0.05) is 41.0 Å². The molecule has 3 aromatic rings. The number of rotatable bonds is 12.